The molecule has 1 atom stereocenters. The number of piperidine rings is 1. The zero-order valence-corrected chi connectivity index (χ0v) is 11.1. The summed E-state index contributed by atoms with van der Waals surface area (Å²) in [6.45, 7) is 1.77. The van der Waals surface area contributed by atoms with Crippen LogP contribution in [0.4, 0.5) is 0 Å². The van der Waals surface area contributed by atoms with E-state index in [2.05, 4.69) is 4.90 Å². The number of hydrogen-bond donors (Lipinski definition) is 1. The van der Waals surface area contributed by atoms with E-state index in [1.54, 1.807) is 0 Å². The second-order valence-electron chi connectivity index (χ2n) is 4.78. The van der Waals surface area contributed by atoms with Gasteiger partial charge >= 0.3 is 5.97 Å². The Morgan fingerprint density at radius 1 is 1.33 bits per heavy atom. The molecule has 98 valence electrons. The van der Waals surface area contributed by atoms with Gasteiger partial charge in [0.15, 0.2) is 0 Å². The molecule has 1 heterocycles. The van der Waals surface area contributed by atoms with Crippen molar-refractivity contribution < 1.29 is 9.90 Å². The van der Waals surface area contributed by atoms with Crippen LogP contribution in [0.2, 0.25) is 5.02 Å². The van der Waals surface area contributed by atoms with Crippen molar-refractivity contribution in [1.82, 2.24) is 4.90 Å². The number of halogens is 1. The van der Waals surface area contributed by atoms with Crippen molar-refractivity contribution in [2.75, 3.05) is 13.1 Å². The first kappa shape index (κ1) is 13.4. The number of nitrogens with zero attached hydrogens (tertiary/aromatic N) is 1. The molecule has 1 aromatic rings. The van der Waals surface area contributed by atoms with E-state index < -0.39 is 12.0 Å². The van der Waals surface area contributed by atoms with Crippen molar-refractivity contribution in [2.45, 2.75) is 31.7 Å². The van der Waals surface area contributed by atoms with Crippen LogP contribution >= 0.6 is 11.6 Å². The number of hydrogen-bond acceptors (Lipinski definition) is 2. The summed E-state index contributed by atoms with van der Waals surface area (Å²) in [5.74, 6) is -0.739. The quantitative estimate of drug-likeness (QED) is 0.912. The molecule has 18 heavy (non-hydrogen) atoms. The molecule has 0 saturated carbocycles. The molecule has 0 spiro atoms. The number of carboxylic acid groups (broad SMARTS) is 1. The summed E-state index contributed by atoms with van der Waals surface area (Å²) >= 11 is 5.93. The van der Waals surface area contributed by atoms with E-state index >= 15 is 0 Å². The van der Waals surface area contributed by atoms with Crippen LogP contribution in [0, 0.1) is 0 Å². The molecule has 0 bridgehead atoms. The molecule has 0 aliphatic carbocycles. The Kier molecular flexibility index (Phi) is 4.61. The van der Waals surface area contributed by atoms with Crippen LogP contribution in [0.3, 0.4) is 0 Å². The van der Waals surface area contributed by atoms with Crippen LogP contribution in [0.15, 0.2) is 24.3 Å². The van der Waals surface area contributed by atoms with Gasteiger partial charge in [0.1, 0.15) is 6.04 Å². The van der Waals surface area contributed by atoms with Gasteiger partial charge in [-0.2, -0.15) is 0 Å². The predicted octanol–water partition coefficient (Wildman–Crippen LogP) is 2.82. The highest BCUT2D eigenvalue weighted by Gasteiger charge is 2.26. The first-order valence-electron chi connectivity index (χ1n) is 6.38. The Labute approximate surface area is 112 Å². The number of likely N-dealkylation sites (tertiary alicyclic amines) is 1. The summed E-state index contributed by atoms with van der Waals surface area (Å²) in [5.41, 5.74) is 0.987. The van der Waals surface area contributed by atoms with Gasteiger partial charge < -0.3 is 5.11 Å². The van der Waals surface area contributed by atoms with Crippen LogP contribution in [0.5, 0.6) is 0 Å². The highest BCUT2D eigenvalue weighted by molar-refractivity contribution is 6.30. The predicted molar refractivity (Wildman–Crippen MR) is 72.0 cm³/mol. The van der Waals surface area contributed by atoms with Crippen molar-refractivity contribution in [2.24, 2.45) is 0 Å². The molecule has 4 heteroatoms. The van der Waals surface area contributed by atoms with Gasteiger partial charge in [0.05, 0.1) is 0 Å². The topological polar surface area (TPSA) is 40.5 Å². The summed E-state index contributed by atoms with van der Waals surface area (Å²) in [7, 11) is 0. The standard InChI is InChI=1S/C14H18ClNO2/c15-12-6-4-5-11(9-12)10-13(14(17)18)16-7-2-1-3-8-16/h4-6,9,13H,1-3,7-8,10H2,(H,17,18). The van der Waals surface area contributed by atoms with Crippen molar-refractivity contribution in [3.63, 3.8) is 0 Å². The van der Waals surface area contributed by atoms with Crippen molar-refractivity contribution >= 4 is 17.6 Å². The summed E-state index contributed by atoms with van der Waals surface area (Å²) in [4.78, 5) is 13.5. The van der Waals surface area contributed by atoms with E-state index in [1.165, 1.54) is 6.42 Å². The van der Waals surface area contributed by atoms with E-state index in [-0.39, 0.29) is 0 Å². The lowest BCUT2D eigenvalue weighted by atomic mass is 10.0. The Bertz CT molecular complexity index is 416. The van der Waals surface area contributed by atoms with Gasteiger partial charge in [-0.15, -0.1) is 0 Å². The van der Waals surface area contributed by atoms with Crippen molar-refractivity contribution in [3.8, 4) is 0 Å². The van der Waals surface area contributed by atoms with Crippen LogP contribution in [-0.4, -0.2) is 35.1 Å². The minimum atomic E-state index is -0.739. The molecule has 3 nitrogen and oxygen atoms in total. The summed E-state index contributed by atoms with van der Waals surface area (Å²) in [6.07, 6.45) is 3.93. The van der Waals surface area contributed by atoms with Gasteiger partial charge in [-0.25, -0.2) is 0 Å². The Balaban J connectivity index is 2.08. The van der Waals surface area contributed by atoms with Gasteiger partial charge in [-0.3, -0.25) is 9.69 Å². The molecule has 1 saturated heterocycles. The number of rotatable bonds is 4. The van der Waals surface area contributed by atoms with E-state index in [1.807, 2.05) is 24.3 Å². The molecule has 1 aromatic carbocycles. The normalized spacial score (nSPS) is 18.5. The molecule has 1 aliphatic heterocycles. The SMILES string of the molecule is O=C(O)C(Cc1cccc(Cl)c1)N1CCCCC1. The first-order valence-corrected chi connectivity index (χ1v) is 6.76. The average molecular weight is 268 g/mol. The zero-order chi connectivity index (χ0) is 13.0. The molecular formula is C14H18ClNO2. The van der Waals surface area contributed by atoms with E-state index in [0.717, 1.165) is 31.5 Å². The fourth-order valence-corrected chi connectivity index (χ4v) is 2.70. The highest BCUT2D eigenvalue weighted by Crippen LogP contribution is 2.18. The summed E-state index contributed by atoms with van der Waals surface area (Å²) in [6, 6.07) is 7.03. The Morgan fingerprint density at radius 3 is 2.67 bits per heavy atom. The van der Waals surface area contributed by atoms with E-state index in [4.69, 9.17) is 11.6 Å². The van der Waals surface area contributed by atoms with Crippen LogP contribution in [0.1, 0.15) is 24.8 Å². The first-order chi connectivity index (χ1) is 8.66. The third-order valence-electron chi connectivity index (χ3n) is 3.43. The third-order valence-corrected chi connectivity index (χ3v) is 3.67. The molecule has 1 aliphatic rings. The maximum atomic E-state index is 11.4. The van der Waals surface area contributed by atoms with Gasteiger partial charge in [-0.1, -0.05) is 30.2 Å². The summed E-state index contributed by atoms with van der Waals surface area (Å²) < 4.78 is 0. The lowest BCUT2D eigenvalue weighted by Gasteiger charge is -2.32. The van der Waals surface area contributed by atoms with E-state index in [9.17, 15) is 9.90 Å². The van der Waals surface area contributed by atoms with Gasteiger partial charge in [0.25, 0.3) is 0 Å². The third kappa shape index (κ3) is 3.47. The van der Waals surface area contributed by atoms with Crippen LogP contribution in [0.25, 0.3) is 0 Å². The van der Waals surface area contributed by atoms with Crippen molar-refractivity contribution in [3.05, 3.63) is 34.9 Å². The zero-order valence-electron chi connectivity index (χ0n) is 10.3. The lowest BCUT2D eigenvalue weighted by Crippen LogP contribution is -2.45. The van der Waals surface area contributed by atoms with Crippen molar-refractivity contribution in [1.29, 1.82) is 0 Å². The maximum Gasteiger partial charge on any atom is 0.321 e. The fraction of sp³-hybridized carbons (Fsp3) is 0.500. The number of carboxylic acids is 1. The maximum absolute atomic E-state index is 11.4. The largest absolute Gasteiger partial charge is 0.480 e. The number of benzene rings is 1. The fourth-order valence-electron chi connectivity index (χ4n) is 2.49. The second kappa shape index (κ2) is 6.21. The molecule has 1 N–H and O–H groups in total. The monoisotopic (exact) mass is 267 g/mol. The molecule has 0 amide bonds. The van der Waals surface area contributed by atoms with Gasteiger partial charge in [0, 0.05) is 5.02 Å². The van der Waals surface area contributed by atoms with Crippen LogP contribution < -0.4 is 0 Å². The molecule has 1 unspecified atom stereocenters. The van der Waals surface area contributed by atoms with Gasteiger partial charge in [0.2, 0.25) is 0 Å². The molecule has 0 radical (unpaired) electrons. The second-order valence-corrected chi connectivity index (χ2v) is 5.22. The van der Waals surface area contributed by atoms with Gasteiger partial charge in [-0.05, 0) is 50.0 Å². The Morgan fingerprint density at radius 2 is 2.06 bits per heavy atom. The molecule has 0 aromatic heterocycles. The highest BCUT2D eigenvalue weighted by atomic mass is 35.5. The minimum Gasteiger partial charge on any atom is -0.480 e. The lowest BCUT2D eigenvalue weighted by molar-refractivity contribution is -0.143. The molecular weight excluding hydrogens is 250 g/mol. The van der Waals surface area contributed by atoms with Crippen LogP contribution in [-0.2, 0) is 11.2 Å². The molecule has 1 fully saturated rings. The minimum absolute atomic E-state index is 0.427. The molecule has 2 rings (SSSR count). The number of aliphatic carboxylic acids is 1. The Hall–Kier alpha value is -1.06. The van der Waals surface area contributed by atoms with E-state index in [0.29, 0.717) is 11.4 Å². The average Bonchev–Trinajstić information content (AvgIpc) is 2.37. The summed E-state index contributed by atoms with van der Waals surface area (Å²) in [5, 5.41) is 10.0. The number of carbonyl (C=O) groups is 1. The smallest absolute Gasteiger partial charge is 0.321 e.